The van der Waals surface area contributed by atoms with Gasteiger partial charge in [0, 0.05) is 50.4 Å². The molecule has 5 rings (SSSR count). The van der Waals surface area contributed by atoms with E-state index in [1.807, 2.05) is 24.4 Å². The van der Waals surface area contributed by atoms with Crippen LogP contribution in [0.15, 0.2) is 84.7 Å². The summed E-state index contributed by atoms with van der Waals surface area (Å²) in [6.07, 6.45) is 8.95. The van der Waals surface area contributed by atoms with E-state index in [2.05, 4.69) is 63.9 Å². The van der Waals surface area contributed by atoms with Crippen molar-refractivity contribution in [2.75, 3.05) is 0 Å². The molecule has 0 fully saturated rings. The molecule has 3 heteroatoms. The Balaban J connectivity index is 0.000000142. The minimum absolute atomic E-state index is 0. The Morgan fingerprint density at radius 3 is 2.36 bits per heavy atom. The van der Waals surface area contributed by atoms with Gasteiger partial charge in [-0.05, 0) is 18.2 Å². The van der Waals surface area contributed by atoms with Crippen LogP contribution in [0, 0.1) is 12.7 Å². The van der Waals surface area contributed by atoms with Crippen molar-refractivity contribution >= 4 is 0 Å². The van der Waals surface area contributed by atoms with Gasteiger partial charge in [-0.15, -0.1) is 6.07 Å². The zero-order valence-corrected chi connectivity index (χ0v) is 16.8. The second-order valence-corrected chi connectivity index (χ2v) is 5.90. The largest absolute Gasteiger partial charge is 0.360 e. The maximum atomic E-state index is 5.38. The Morgan fingerprint density at radius 2 is 1.56 bits per heavy atom. The van der Waals surface area contributed by atoms with Crippen molar-refractivity contribution in [3.05, 3.63) is 109 Å². The predicted molar refractivity (Wildman–Crippen MR) is 92.5 cm³/mol. The normalized spacial score (nSPS) is 12.6. The third kappa shape index (κ3) is 3.71. The van der Waals surface area contributed by atoms with Crippen molar-refractivity contribution in [1.82, 2.24) is 0 Å². The number of hydrogen-bond acceptors (Lipinski definition) is 0. The molecule has 0 aliphatic carbocycles. The first-order valence-corrected chi connectivity index (χ1v) is 8.08. The zero-order valence-electron chi connectivity index (χ0n) is 14.0. The zero-order chi connectivity index (χ0) is 16.4. The summed E-state index contributed by atoms with van der Waals surface area (Å²) >= 11 is 0. The van der Waals surface area contributed by atoms with E-state index in [1.165, 1.54) is 16.8 Å². The second-order valence-electron chi connectivity index (χ2n) is 5.90. The van der Waals surface area contributed by atoms with E-state index in [-0.39, 0.29) is 32.7 Å². The molecule has 119 valence electrons. The summed E-state index contributed by atoms with van der Waals surface area (Å²) in [5.41, 5.74) is 6.29. The van der Waals surface area contributed by atoms with Gasteiger partial charge in [0.15, 0.2) is 18.9 Å². The van der Waals surface area contributed by atoms with Crippen molar-refractivity contribution < 1.29 is 41.8 Å². The molecule has 2 aromatic heterocycles. The molecule has 0 N–H and O–H groups in total. The summed E-state index contributed by atoms with van der Waals surface area (Å²) < 4.78 is 4.39. The first-order chi connectivity index (χ1) is 11.8. The van der Waals surface area contributed by atoms with Crippen LogP contribution in [0.4, 0.5) is 0 Å². The number of rotatable bonds is 1. The third-order valence-corrected chi connectivity index (χ3v) is 4.35. The van der Waals surface area contributed by atoms with Crippen LogP contribution >= 0.6 is 0 Å². The Bertz CT molecular complexity index is 901. The molecule has 2 nitrogen and oxygen atoms in total. The smallest absolute Gasteiger partial charge is 0.213 e. The van der Waals surface area contributed by atoms with E-state index in [0.717, 1.165) is 24.4 Å². The van der Waals surface area contributed by atoms with Crippen LogP contribution in [0.5, 0.6) is 0 Å². The average molecular weight is 399 g/mol. The Kier molecular flexibility index (Phi) is 5.72. The molecule has 2 aliphatic heterocycles. The summed E-state index contributed by atoms with van der Waals surface area (Å²) in [7, 11) is 0. The SMILES string of the molecule is [CH-]=CC1=[C-]c2cccc[n+]2C1.[Y].c1ccc2c(c1)C[n+]1ccccc1-2. The number of pyridine rings is 2. The molecule has 25 heavy (non-hydrogen) atoms. The molecular formula is C22H18N2Y. The monoisotopic (exact) mass is 399 g/mol. The summed E-state index contributed by atoms with van der Waals surface area (Å²) in [6, 6.07) is 21.0. The second kappa shape index (κ2) is 7.99. The van der Waals surface area contributed by atoms with Crippen LogP contribution < -0.4 is 9.13 Å². The van der Waals surface area contributed by atoms with E-state index in [1.54, 1.807) is 6.08 Å². The summed E-state index contributed by atoms with van der Waals surface area (Å²) in [4.78, 5) is 0. The van der Waals surface area contributed by atoms with E-state index in [4.69, 9.17) is 6.58 Å². The first kappa shape index (κ1) is 17.9. The summed E-state index contributed by atoms with van der Waals surface area (Å²) in [5, 5.41) is 0. The van der Waals surface area contributed by atoms with Crippen LogP contribution in [0.1, 0.15) is 11.3 Å². The van der Waals surface area contributed by atoms with Crippen LogP contribution in [-0.2, 0) is 45.8 Å². The molecule has 0 bridgehead atoms. The molecule has 0 spiro atoms. The van der Waals surface area contributed by atoms with Crippen LogP contribution in [-0.4, -0.2) is 0 Å². The topological polar surface area (TPSA) is 7.76 Å². The fraction of sp³-hybridized carbons (Fsp3) is 0.0909. The number of hydrogen-bond donors (Lipinski definition) is 0. The van der Waals surface area contributed by atoms with Gasteiger partial charge in [0.1, 0.15) is 0 Å². The van der Waals surface area contributed by atoms with Crippen molar-refractivity contribution in [3.63, 3.8) is 0 Å². The Labute approximate surface area is 174 Å². The minimum Gasteiger partial charge on any atom is -0.360 e. The van der Waals surface area contributed by atoms with Crippen molar-refractivity contribution in [2.24, 2.45) is 0 Å². The number of fused-ring (bicyclic) bond motifs is 4. The van der Waals surface area contributed by atoms with Crippen LogP contribution in [0.3, 0.4) is 0 Å². The van der Waals surface area contributed by atoms with E-state index in [9.17, 15) is 0 Å². The van der Waals surface area contributed by atoms with Crippen molar-refractivity contribution in [2.45, 2.75) is 13.1 Å². The molecule has 3 aromatic rings. The fourth-order valence-corrected chi connectivity index (χ4v) is 3.16. The van der Waals surface area contributed by atoms with Gasteiger partial charge in [0.05, 0.1) is 17.8 Å². The number of aromatic nitrogens is 2. The van der Waals surface area contributed by atoms with E-state index in [0.29, 0.717) is 0 Å². The van der Waals surface area contributed by atoms with Gasteiger partial charge < -0.3 is 12.7 Å². The van der Waals surface area contributed by atoms with Crippen molar-refractivity contribution in [3.8, 4) is 11.3 Å². The molecule has 0 saturated heterocycles. The quantitative estimate of drug-likeness (QED) is 0.344. The standard InChI is InChI=1S/C12H10N.C10H8N.Y/c1-2-6-11-10(5-1)9-13-8-4-3-7-12(11)13;1-2-9-7-10-5-3-4-6-11(10)8-9;/h1-8H,9H2;1-6H,8H2;/q+1;-1;. The van der Waals surface area contributed by atoms with Gasteiger partial charge in [-0.3, -0.25) is 0 Å². The molecule has 1 aromatic carbocycles. The molecule has 0 unspecified atom stereocenters. The third-order valence-electron chi connectivity index (χ3n) is 4.35. The van der Waals surface area contributed by atoms with E-state index >= 15 is 0 Å². The van der Waals surface area contributed by atoms with Gasteiger partial charge in [-0.2, -0.15) is 10.6 Å². The summed E-state index contributed by atoms with van der Waals surface area (Å²) in [6.45, 7) is 7.25. The van der Waals surface area contributed by atoms with Crippen LogP contribution in [0.2, 0.25) is 0 Å². The number of allylic oxidation sites excluding steroid dienone is 2. The molecule has 0 atom stereocenters. The molecule has 0 saturated carbocycles. The number of benzene rings is 1. The first-order valence-electron chi connectivity index (χ1n) is 8.08. The van der Waals surface area contributed by atoms with Gasteiger partial charge in [-0.25, -0.2) is 10.1 Å². The van der Waals surface area contributed by atoms with Gasteiger partial charge in [-0.1, -0.05) is 24.3 Å². The predicted octanol–water partition coefficient (Wildman–Crippen LogP) is 3.05. The molecule has 0 amide bonds. The Morgan fingerprint density at radius 1 is 0.840 bits per heavy atom. The van der Waals surface area contributed by atoms with Crippen molar-refractivity contribution in [1.29, 1.82) is 0 Å². The number of nitrogens with zero attached hydrogens (tertiary/aromatic N) is 2. The van der Waals surface area contributed by atoms with Gasteiger partial charge in [0.2, 0.25) is 5.69 Å². The van der Waals surface area contributed by atoms with E-state index < -0.39 is 0 Å². The van der Waals surface area contributed by atoms with Gasteiger partial charge >= 0.3 is 0 Å². The molecule has 2 aliphatic rings. The molecule has 1 radical (unpaired) electrons. The molecular weight excluding hydrogens is 381 g/mol. The maximum absolute atomic E-state index is 5.38. The molecule has 4 heterocycles. The fourth-order valence-electron chi connectivity index (χ4n) is 3.16. The maximum Gasteiger partial charge on any atom is 0.213 e. The Hall–Kier alpha value is -1.90. The van der Waals surface area contributed by atoms with Gasteiger partial charge in [0.25, 0.3) is 0 Å². The van der Waals surface area contributed by atoms with Crippen LogP contribution in [0.25, 0.3) is 11.3 Å². The summed E-state index contributed by atoms with van der Waals surface area (Å²) in [5.74, 6) is 0. The minimum atomic E-state index is 0. The average Bonchev–Trinajstić information content (AvgIpc) is 3.23.